The van der Waals surface area contributed by atoms with Crippen LogP contribution in [0.15, 0.2) is 60.7 Å². The molecule has 0 radical (unpaired) electrons. The lowest BCUT2D eigenvalue weighted by Gasteiger charge is -2.29. The first kappa shape index (κ1) is 17.9. The molecule has 5 nitrogen and oxygen atoms in total. The highest BCUT2D eigenvalue weighted by molar-refractivity contribution is 5.91. The molecule has 0 aliphatic heterocycles. The smallest absolute Gasteiger partial charge is 0.270 e. The van der Waals surface area contributed by atoms with Crippen LogP contribution < -0.4 is 5.32 Å². The molecular weight excluding hydrogens is 328 g/mol. The number of nitrogens with zero attached hydrogens (tertiary/aromatic N) is 1. The largest absolute Gasteiger partial charge is 0.352 e. The number of nitro groups is 1. The molecule has 1 amide bonds. The summed E-state index contributed by atoms with van der Waals surface area (Å²) in [6, 6.07) is 16.6. The molecule has 0 aromatic heterocycles. The molecule has 0 bridgehead atoms. The van der Waals surface area contributed by atoms with Crippen LogP contribution in [-0.4, -0.2) is 17.4 Å². The van der Waals surface area contributed by atoms with Crippen LogP contribution in [0.1, 0.15) is 36.8 Å². The molecule has 1 saturated carbocycles. The van der Waals surface area contributed by atoms with Crippen LogP contribution in [0.3, 0.4) is 0 Å². The molecule has 26 heavy (non-hydrogen) atoms. The second-order valence-corrected chi connectivity index (χ2v) is 6.76. The van der Waals surface area contributed by atoms with Crippen LogP contribution >= 0.6 is 0 Å². The Balaban J connectivity index is 1.64. The second kappa shape index (κ2) is 7.95. The Morgan fingerprint density at radius 3 is 2.54 bits per heavy atom. The molecule has 1 aliphatic carbocycles. The first-order chi connectivity index (χ1) is 12.6. The van der Waals surface area contributed by atoms with Gasteiger partial charge in [-0.3, -0.25) is 14.9 Å². The highest BCUT2D eigenvalue weighted by atomic mass is 16.6. The molecule has 2 aromatic rings. The molecule has 5 heteroatoms. The summed E-state index contributed by atoms with van der Waals surface area (Å²) in [5.41, 5.74) is 1.94. The van der Waals surface area contributed by atoms with Crippen LogP contribution in [0.5, 0.6) is 0 Å². The van der Waals surface area contributed by atoms with E-state index < -0.39 is 4.92 Å². The number of carbonyl (C=O) groups excluding carboxylic acids is 1. The summed E-state index contributed by atoms with van der Waals surface area (Å²) in [7, 11) is 0. The van der Waals surface area contributed by atoms with E-state index in [1.165, 1.54) is 36.6 Å². The van der Waals surface area contributed by atoms with Crippen LogP contribution in [0.2, 0.25) is 0 Å². The normalized spacial score (nSPS) is 15.8. The van der Waals surface area contributed by atoms with Gasteiger partial charge in [0, 0.05) is 30.2 Å². The Morgan fingerprint density at radius 2 is 1.85 bits per heavy atom. The van der Waals surface area contributed by atoms with Crippen molar-refractivity contribution in [2.24, 2.45) is 0 Å². The van der Waals surface area contributed by atoms with Crippen LogP contribution in [0.25, 0.3) is 6.08 Å². The summed E-state index contributed by atoms with van der Waals surface area (Å²) in [6.45, 7) is 0.606. The van der Waals surface area contributed by atoms with Crippen molar-refractivity contribution in [2.75, 3.05) is 6.54 Å². The molecule has 134 valence electrons. The molecular formula is C21H22N2O3. The SMILES string of the molecule is O=C(/C=C/c1cccc([N+](=O)[O-])c1)NCC1(c2ccccc2)CCCC1. The number of non-ortho nitro benzene ring substituents is 1. The fraction of sp³-hybridized carbons (Fsp3) is 0.286. The molecule has 1 aliphatic rings. The van der Waals surface area contributed by atoms with Crippen LogP contribution in [0.4, 0.5) is 5.69 Å². The summed E-state index contributed by atoms with van der Waals surface area (Å²) >= 11 is 0. The Bertz CT molecular complexity index is 809. The van der Waals surface area contributed by atoms with Crippen molar-refractivity contribution in [3.63, 3.8) is 0 Å². The van der Waals surface area contributed by atoms with Crippen molar-refractivity contribution in [3.8, 4) is 0 Å². The molecule has 0 spiro atoms. The van der Waals surface area contributed by atoms with E-state index in [1.807, 2.05) is 18.2 Å². The molecule has 0 unspecified atom stereocenters. The van der Waals surface area contributed by atoms with Crippen molar-refractivity contribution in [3.05, 3.63) is 81.9 Å². The first-order valence-electron chi connectivity index (χ1n) is 8.85. The van der Waals surface area contributed by atoms with Crippen molar-refractivity contribution in [1.82, 2.24) is 5.32 Å². The van der Waals surface area contributed by atoms with Gasteiger partial charge >= 0.3 is 0 Å². The zero-order valence-electron chi connectivity index (χ0n) is 14.6. The van der Waals surface area contributed by atoms with Crippen LogP contribution in [-0.2, 0) is 10.2 Å². The molecule has 3 rings (SSSR count). The fourth-order valence-electron chi connectivity index (χ4n) is 3.64. The number of nitrogens with one attached hydrogen (secondary N) is 1. The summed E-state index contributed by atoms with van der Waals surface area (Å²) in [5, 5.41) is 13.8. The summed E-state index contributed by atoms with van der Waals surface area (Å²) in [6.07, 6.45) is 7.54. The number of hydrogen-bond acceptors (Lipinski definition) is 3. The fourth-order valence-corrected chi connectivity index (χ4v) is 3.64. The highest BCUT2D eigenvalue weighted by Crippen LogP contribution is 2.40. The zero-order chi connectivity index (χ0) is 18.4. The topological polar surface area (TPSA) is 72.2 Å². The third-order valence-electron chi connectivity index (χ3n) is 5.06. The van der Waals surface area contributed by atoms with E-state index in [4.69, 9.17) is 0 Å². The summed E-state index contributed by atoms with van der Waals surface area (Å²) in [5.74, 6) is -0.182. The van der Waals surface area contributed by atoms with Gasteiger partial charge in [0.15, 0.2) is 0 Å². The zero-order valence-corrected chi connectivity index (χ0v) is 14.6. The van der Waals surface area contributed by atoms with E-state index >= 15 is 0 Å². The van der Waals surface area contributed by atoms with Gasteiger partial charge in [0.1, 0.15) is 0 Å². The predicted molar refractivity (Wildman–Crippen MR) is 102 cm³/mol. The molecule has 1 N–H and O–H groups in total. The number of hydrogen-bond donors (Lipinski definition) is 1. The predicted octanol–water partition coefficient (Wildman–Crippen LogP) is 4.24. The molecule has 2 aromatic carbocycles. The van der Waals surface area contributed by atoms with Gasteiger partial charge in [-0.2, -0.15) is 0 Å². The minimum atomic E-state index is -0.443. The van der Waals surface area contributed by atoms with Crippen molar-refractivity contribution in [2.45, 2.75) is 31.1 Å². The number of carbonyl (C=O) groups is 1. The monoisotopic (exact) mass is 350 g/mol. The molecule has 0 saturated heterocycles. The Morgan fingerprint density at radius 1 is 1.12 bits per heavy atom. The molecule has 1 fully saturated rings. The lowest BCUT2D eigenvalue weighted by Crippen LogP contribution is -2.38. The van der Waals surface area contributed by atoms with Gasteiger partial charge < -0.3 is 5.32 Å². The standard InChI is InChI=1S/C21H22N2O3/c24-20(12-11-17-7-6-10-19(15-17)23(25)26)22-16-21(13-4-5-14-21)18-8-2-1-3-9-18/h1-3,6-12,15H,4-5,13-14,16H2,(H,22,24)/b12-11+. The molecule has 0 atom stereocenters. The van der Waals surface area contributed by atoms with E-state index in [0.29, 0.717) is 12.1 Å². The van der Waals surface area contributed by atoms with E-state index in [9.17, 15) is 14.9 Å². The second-order valence-electron chi connectivity index (χ2n) is 6.76. The van der Waals surface area contributed by atoms with E-state index in [2.05, 4.69) is 17.4 Å². The molecule has 0 heterocycles. The maximum absolute atomic E-state index is 12.2. The van der Waals surface area contributed by atoms with E-state index in [0.717, 1.165) is 12.8 Å². The van der Waals surface area contributed by atoms with Gasteiger partial charge in [-0.25, -0.2) is 0 Å². The van der Waals surface area contributed by atoms with Gasteiger partial charge in [0.05, 0.1) is 4.92 Å². The van der Waals surface area contributed by atoms with Gasteiger partial charge in [-0.05, 0) is 30.0 Å². The Labute approximate surface area is 152 Å². The minimum absolute atomic E-state index is 0.0102. The maximum atomic E-state index is 12.2. The lowest BCUT2D eigenvalue weighted by molar-refractivity contribution is -0.384. The Kier molecular flexibility index (Phi) is 5.46. The van der Waals surface area contributed by atoms with Gasteiger partial charge in [-0.15, -0.1) is 0 Å². The summed E-state index contributed by atoms with van der Waals surface area (Å²) in [4.78, 5) is 22.6. The van der Waals surface area contributed by atoms with Gasteiger partial charge in [0.2, 0.25) is 5.91 Å². The van der Waals surface area contributed by atoms with Crippen molar-refractivity contribution in [1.29, 1.82) is 0 Å². The summed E-state index contributed by atoms with van der Waals surface area (Å²) < 4.78 is 0. The van der Waals surface area contributed by atoms with Crippen molar-refractivity contribution < 1.29 is 9.72 Å². The van der Waals surface area contributed by atoms with Gasteiger partial charge in [-0.1, -0.05) is 55.3 Å². The first-order valence-corrected chi connectivity index (χ1v) is 8.85. The van der Waals surface area contributed by atoms with E-state index in [-0.39, 0.29) is 17.0 Å². The van der Waals surface area contributed by atoms with Crippen molar-refractivity contribution >= 4 is 17.7 Å². The average Bonchev–Trinajstić information content (AvgIpc) is 3.16. The average molecular weight is 350 g/mol. The number of benzene rings is 2. The maximum Gasteiger partial charge on any atom is 0.270 e. The highest BCUT2D eigenvalue weighted by Gasteiger charge is 2.35. The van der Waals surface area contributed by atoms with E-state index in [1.54, 1.807) is 18.2 Å². The number of rotatable bonds is 6. The minimum Gasteiger partial charge on any atom is -0.352 e. The third-order valence-corrected chi connectivity index (χ3v) is 5.06. The van der Waals surface area contributed by atoms with Crippen LogP contribution in [0, 0.1) is 10.1 Å². The number of amides is 1. The third kappa shape index (κ3) is 4.17. The quantitative estimate of drug-likeness (QED) is 0.481. The van der Waals surface area contributed by atoms with Gasteiger partial charge in [0.25, 0.3) is 5.69 Å². The number of nitro benzene ring substituents is 1. The lowest BCUT2D eigenvalue weighted by atomic mass is 9.79. The Hall–Kier alpha value is -2.95.